The lowest BCUT2D eigenvalue weighted by molar-refractivity contribution is 0.341. The van der Waals surface area contributed by atoms with Crippen molar-refractivity contribution in [3.05, 3.63) is 46.7 Å². The molecule has 1 aromatic carbocycles. The Labute approximate surface area is 106 Å². The lowest BCUT2D eigenvalue weighted by Crippen LogP contribution is -2.07. The van der Waals surface area contributed by atoms with Crippen LogP contribution in [0.25, 0.3) is 0 Å². The van der Waals surface area contributed by atoms with Gasteiger partial charge in [0.15, 0.2) is 0 Å². The van der Waals surface area contributed by atoms with Gasteiger partial charge in [-0.05, 0) is 48.4 Å². The van der Waals surface area contributed by atoms with Crippen LogP contribution in [-0.4, -0.2) is 6.61 Å². The van der Waals surface area contributed by atoms with Gasteiger partial charge in [-0.25, -0.2) is 0 Å². The number of anilines is 1. The van der Waals surface area contributed by atoms with E-state index in [0.29, 0.717) is 12.6 Å². The van der Waals surface area contributed by atoms with Gasteiger partial charge in [0.1, 0.15) is 5.75 Å². The quantitative estimate of drug-likeness (QED) is 0.849. The van der Waals surface area contributed by atoms with Gasteiger partial charge in [-0.1, -0.05) is 12.1 Å². The van der Waals surface area contributed by atoms with Gasteiger partial charge < -0.3 is 10.1 Å². The number of ether oxygens (including phenoxy) is 1. The zero-order valence-electron chi connectivity index (χ0n) is 10.1. The zero-order valence-corrected chi connectivity index (χ0v) is 11.0. The standard InChI is InChI=1S/C14H17NOS/c1-3-16-14-7-5-4-6-13(14)15-11(2)12-8-9-17-10-12/h4-11,15H,3H2,1-2H3. The number of hydrogen-bond acceptors (Lipinski definition) is 3. The van der Waals surface area contributed by atoms with Crippen molar-refractivity contribution in [1.82, 2.24) is 0 Å². The molecule has 1 atom stereocenters. The molecule has 1 unspecified atom stereocenters. The van der Waals surface area contributed by atoms with Crippen LogP contribution >= 0.6 is 11.3 Å². The van der Waals surface area contributed by atoms with E-state index in [-0.39, 0.29) is 0 Å². The van der Waals surface area contributed by atoms with E-state index in [2.05, 4.69) is 29.1 Å². The van der Waals surface area contributed by atoms with Gasteiger partial charge in [0.05, 0.1) is 12.3 Å². The second kappa shape index (κ2) is 5.73. The first-order chi connectivity index (χ1) is 8.31. The average Bonchev–Trinajstić information content (AvgIpc) is 2.85. The largest absolute Gasteiger partial charge is 0.492 e. The van der Waals surface area contributed by atoms with Crippen molar-refractivity contribution in [3.8, 4) is 5.75 Å². The topological polar surface area (TPSA) is 21.3 Å². The van der Waals surface area contributed by atoms with Crippen molar-refractivity contribution < 1.29 is 4.74 Å². The third kappa shape index (κ3) is 3.01. The predicted molar refractivity (Wildman–Crippen MR) is 74.0 cm³/mol. The Morgan fingerprint density at radius 3 is 2.82 bits per heavy atom. The number of nitrogens with one attached hydrogen (secondary N) is 1. The van der Waals surface area contributed by atoms with E-state index in [1.54, 1.807) is 11.3 Å². The summed E-state index contributed by atoms with van der Waals surface area (Å²) in [5.74, 6) is 0.914. The first-order valence-corrected chi connectivity index (χ1v) is 6.76. The first-order valence-electron chi connectivity index (χ1n) is 5.81. The third-order valence-corrected chi connectivity index (χ3v) is 3.30. The van der Waals surface area contributed by atoms with E-state index < -0.39 is 0 Å². The van der Waals surface area contributed by atoms with E-state index >= 15 is 0 Å². The number of thiophene rings is 1. The Morgan fingerprint density at radius 1 is 1.29 bits per heavy atom. The first kappa shape index (κ1) is 12.0. The summed E-state index contributed by atoms with van der Waals surface area (Å²) in [7, 11) is 0. The fourth-order valence-corrected chi connectivity index (χ4v) is 2.46. The average molecular weight is 247 g/mol. The Balaban J connectivity index is 2.12. The number of hydrogen-bond donors (Lipinski definition) is 1. The normalized spacial score (nSPS) is 12.1. The Morgan fingerprint density at radius 2 is 2.12 bits per heavy atom. The molecular formula is C14H17NOS. The van der Waals surface area contributed by atoms with Crippen LogP contribution in [0.5, 0.6) is 5.75 Å². The molecule has 2 rings (SSSR count). The van der Waals surface area contributed by atoms with Gasteiger partial charge in [0.2, 0.25) is 0 Å². The fraction of sp³-hybridized carbons (Fsp3) is 0.286. The maximum atomic E-state index is 5.60. The molecule has 1 N–H and O–H groups in total. The minimum atomic E-state index is 0.294. The molecule has 0 amide bonds. The lowest BCUT2D eigenvalue weighted by atomic mass is 10.1. The number of rotatable bonds is 5. The molecule has 90 valence electrons. The van der Waals surface area contributed by atoms with Crippen LogP contribution in [0.4, 0.5) is 5.69 Å². The molecule has 0 radical (unpaired) electrons. The minimum Gasteiger partial charge on any atom is -0.492 e. The van der Waals surface area contributed by atoms with Crippen molar-refractivity contribution in [2.45, 2.75) is 19.9 Å². The van der Waals surface area contributed by atoms with Gasteiger partial charge in [-0.15, -0.1) is 0 Å². The van der Waals surface area contributed by atoms with Crippen molar-refractivity contribution in [3.63, 3.8) is 0 Å². The summed E-state index contributed by atoms with van der Waals surface area (Å²) in [6.45, 7) is 4.84. The van der Waals surface area contributed by atoms with Crippen LogP contribution in [0.2, 0.25) is 0 Å². The molecule has 0 saturated carbocycles. The zero-order chi connectivity index (χ0) is 12.1. The highest BCUT2D eigenvalue weighted by molar-refractivity contribution is 7.07. The van der Waals surface area contributed by atoms with Gasteiger partial charge >= 0.3 is 0 Å². The highest BCUT2D eigenvalue weighted by Gasteiger charge is 2.08. The van der Waals surface area contributed by atoms with Crippen LogP contribution in [0.3, 0.4) is 0 Å². The van der Waals surface area contributed by atoms with Crippen LogP contribution in [0, 0.1) is 0 Å². The van der Waals surface area contributed by atoms with E-state index in [1.165, 1.54) is 5.56 Å². The molecule has 0 fully saturated rings. The van der Waals surface area contributed by atoms with Gasteiger partial charge in [-0.2, -0.15) is 11.3 Å². The summed E-state index contributed by atoms with van der Waals surface area (Å²) in [5, 5.41) is 7.75. The molecule has 17 heavy (non-hydrogen) atoms. The molecule has 0 spiro atoms. The van der Waals surface area contributed by atoms with Gasteiger partial charge in [0.25, 0.3) is 0 Å². The fourth-order valence-electron chi connectivity index (χ4n) is 1.71. The summed E-state index contributed by atoms with van der Waals surface area (Å²) in [4.78, 5) is 0. The van der Waals surface area contributed by atoms with Crippen molar-refractivity contribution in [1.29, 1.82) is 0 Å². The van der Waals surface area contributed by atoms with Crippen molar-refractivity contribution in [2.75, 3.05) is 11.9 Å². The SMILES string of the molecule is CCOc1ccccc1NC(C)c1ccsc1. The van der Waals surface area contributed by atoms with Crippen molar-refractivity contribution >= 4 is 17.0 Å². The smallest absolute Gasteiger partial charge is 0.142 e. The van der Waals surface area contributed by atoms with Crippen LogP contribution in [0.1, 0.15) is 25.5 Å². The Bertz CT molecular complexity index is 453. The Kier molecular flexibility index (Phi) is 4.04. The molecule has 0 aliphatic carbocycles. The lowest BCUT2D eigenvalue weighted by Gasteiger charge is -2.17. The summed E-state index contributed by atoms with van der Waals surface area (Å²) >= 11 is 1.72. The number of benzene rings is 1. The molecule has 1 heterocycles. The highest BCUT2D eigenvalue weighted by atomic mass is 32.1. The monoisotopic (exact) mass is 247 g/mol. The van der Waals surface area contributed by atoms with Crippen LogP contribution < -0.4 is 10.1 Å². The molecule has 1 aromatic heterocycles. The molecule has 0 bridgehead atoms. The summed E-state index contributed by atoms with van der Waals surface area (Å²) < 4.78 is 5.60. The predicted octanol–water partition coefficient (Wildman–Crippen LogP) is 4.32. The summed E-state index contributed by atoms with van der Waals surface area (Å²) in [5.41, 5.74) is 2.36. The van der Waals surface area contributed by atoms with Crippen molar-refractivity contribution in [2.24, 2.45) is 0 Å². The third-order valence-electron chi connectivity index (χ3n) is 2.60. The molecule has 0 aliphatic heterocycles. The minimum absolute atomic E-state index is 0.294. The van der Waals surface area contributed by atoms with E-state index in [0.717, 1.165) is 11.4 Å². The molecule has 0 saturated heterocycles. The maximum absolute atomic E-state index is 5.60. The van der Waals surface area contributed by atoms with Gasteiger partial charge in [-0.3, -0.25) is 0 Å². The molecule has 2 aromatic rings. The van der Waals surface area contributed by atoms with Crippen LogP contribution in [-0.2, 0) is 0 Å². The maximum Gasteiger partial charge on any atom is 0.142 e. The van der Waals surface area contributed by atoms with E-state index in [9.17, 15) is 0 Å². The second-order valence-corrected chi connectivity index (χ2v) is 4.63. The summed E-state index contributed by atoms with van der Waals surface area (Å²) in [6.07, 6.45) is 0. The van der Waals surface area contributed by atoms with Crippen LogP contribution in [0.15, 0.2) is 41.1 Å². The Hall–Kier alpha value is -1.48. The number of para-hydroxylation sites is 2. The highest BCUT2D eigenvalue weighted by Crippen LogP contribution is 2.28. The second-order valence-electron chi connectivity index (χ2n) is 3.85. The molecule has 2 nitrogen and oxygen atoms in total. The molecule has 0 aliphatic rings. The van der Waals surface area contributed by atoms with E-state index in [4.69, 9.17) is 4.74 Å². The molecular weight excluding hydrogens is 230 g/mol. The molecule has 3 heteroatoms. The summed E-state index contributed by atoms with van der Waals surface area (Å²) in [6, 6.07) is 10.5. The van der Waals surface area contributed by atoms with Gasteiger partial charge in [0, 0.05) is 6.04 Å². The van der Waals surface area contributed by atoms with E-state index in [1.807, 2.05) is 31.2 Å².